The molecule has 1 atom stereocenters. The van der Waals surface area contributed by atoms with Crippen LogP contribution in [0.1, 0.15) is 49.3 Å². The van der Waals surface area contributed by atoms with E-state index in [1.165, 1.54) is 31.0 Å². The normalized spacial score (nSPS) is 20.6. The van der Waals surface area contributed by atoms with Crippen LogP contribution in [0.4, 0.5) is 5.69 Å². The first-order valence-corrected chi connectivity index (χ1v) is 11.8. The lowest BCUT2D eigenvalue weighted by Gasteiger charge is -2.26. The molecule has 0 saturated heterocycles. The second-order valence-corrected chi connectivity index (χ2v) is 8.98. The van der Waals surface area contributed by atoms with Crippen LogP contribution in [0.3, 0.4) is 0 Å². The third kappa shape index (κ3) is 4.02. The number of amides is 2. The molecule has 31 heavy (non-hydrogen) atoms. The number of benzene rings is 2. The van der Waals surface area contributed by atoms with Gasteiger partial charge in [-0.25, -0.2) is 14.9 Å². The molecule has 7 heteroatoms. The molecule has 2 aromatic rings. The third-order valence-corrected chi connectivity index (χ3v) is 6.83. The Hall–Kier alpha value is -2.93. The number of hydrogen-bond donors (Lipinski definition) is 1. The highest BCUT2D eigenvalue weighted by Crippen LogP contribution is 2.37. The predicted molar refractivity (Wildman–Crippen MR) is 124 cm³/mol. The van der Waals surface area contributed by atoms with Gasteiger partial charge in [0.05, 0.1) is 11.4 Å². The van der Waals surface area contributed by atoms with Crippen LogP contribution in [-0.4, -0.2) is 39.5 Å². The third-order valence-electron chi connectivity index (χ3n) is 5.89. The fourth-order valence-corrected chi connectivity index (χ4v) is 5.16. The highest BCUT2D eigenvalue weighted by Gasteiger charge is 2.42. The van der Waals surface area contributed by atoms with E-state index < -0.39 is 6.04 Å². The van der Waals surface area contributed by atoms with E-state index in [-0.39, 0.29) is 23.6 Å². The van der Waals surface area contributed by atoms with Gasteiger partial charge in [-0.15, -0.1) is 0 Å². The van der Waals surface area contributed by atoms with Gasteiger partial charge >= 0.3 is 0 Å². The van der Waals surface area contributed by atoms with Crippen LogP contribution in [0, 0.1) is 0 Å². The first-order chi connectivity index (χ1) is 15.2. The number of nitrogens with one attached hydrogen (secondary N) is 1. The molecule has 2 heterocycles. The number of aliphatic imine (C=N–C) groups is 2. The van der Waals surface area contributed by atoms with E-state index >= 15 is 0 Å². The second kappa shape index (κ2) is 8.67. The number of fused-ring (bicyclic) bond motifs is 3. The lowest BCUT2D eigenvalue weighted by molar-refractivity contribution is -0.124. The van der Waals surface area contributed by atoms with Gasteiger partial charge in [-0.1, -0.05) is 73.5 Å². The van der Waals surface area contributed by atoms with E-state index in [0.29, 0.717) is 11.0 Å². The average Bonchev–Trinajstić information content (AvgIpc) is 3.16. The zero-order valence-corrected chi connectivity index (χ0v) is 18.0. The van der Waals surface area contributed by atoms with Crippen molar-refractivity contribution >= 4 is 40.3 Å². The van der Waals surface area contributed by atoms with Gasteiger partial charge in [-0.3, -0.25) is 9.59 Å². The van der Waals surface area contributed by atoms with Crippen molar-refractivity contribution in [1.82, 2.24) is 10.2 Å². The summed E-state index contributed by atoms with van der Waals surface area (Å²) >= 11 is 1.30. The predicted octanol–water partition coefficient (Wildman–Crippen LogP) is 4.20. The fourth-order valence-electron chi connectivity index (χ4n) is 4.35. The Balaban J connectivity index is 1.38. The van der Waals surface area contributed by atoms with Crippen molar-refractivity contribution in [1.29, 1.82) is 0 Å². The molecule has 1 N–H and O–H groups in total. The summed E-state index contributed by atoms with van der Waals surface area (Å²) in [4.78, 5) is 36.9. The maximum atomic E-state index is 13.3. The molecule has 0 radical (unpaired) electrons. The van der Waals surface area contributed by atoms with Crippen molar-refractivity contribution in [2.24, 2.45) is 9.98 Å². The number of carbonyl (C=O) groups is 2. The molecular formula is C24H24N4O2S. The van der Waals surface area contributed by atoms with Gasteiger partial charge in [0, 0.05) is 11.6 Å². The van der Waals surface area contributed by atoms with Crippen LogP contribution in [0.5, 0.6) is 0 Å². The van der Waals surface area contributed by atoms with E-state index in [1.807, 2.05) is 54.6 Å². The van der Waals surface area contributed by atoms with Crippen LogP contribution in [-0.2, 0) is 9.59 Å². The average molecular weight is 433 g/mol. The lowest BCUT2D eigenvalue weighted by Crippen LogP contribution is -2.41. The summed E-state index contributed by atoms with van der Waals surface area (Å²) in [5, 5.41) is 3.65. The number of nitrogens with zero attached hydrogens (tertiary/aromatic N) is 3. The van der Waals surface area contributed by atoms with Gasteiger partial charge in [-0.05, 0) is 30.5 Å². The Morgan fingerprint density at radius 1 is 1.03 bits per heavy atom. The van der Waals surface area contributed by atoms with Gasteiger partial charge in [0.1, 0.15) is 5.84 Å². The van der Waals surface area contributed by atoms with Crippen LogP contribution in [0.15, 0.2) is 64.6 Å². The molecule has 158 valence electrons. The summed E-state index contributed by atoms with van der Waals surface area (Å²) in [5.41, 5.74) is 2.46. The minimum Gasteiger partial charge on any atom is -0.353 e. The van der Waals surface area contributed by atoms with Crippen molar-refractivity contribution in [3.05, 3.63) is 65.7 Å². The van der Waals surface area contributed by atoms with Gasteiger partial charge in [-0.2, -0.15) is 0 Å². The number of carbonyl (C=O) groups excluding carboxylic acids is 2. The molecule has 1 saturated carbocycles. The Bertz CT molecular complexity index is 1060. The second-order valence-electron chi connectivity index (χ2n) is 8.04. The fraction of sp³-hybridized carbons (Fsp3) is 0.333. The van der Waals surface area contributed by atoms with Gasteiger partial charge in [0.2, 0.25) is 5.91 Å². The van der Waals surface area contributed by atoms with Gasteiger partial charge in [0.15, 0.2) is 11.2 Å². The molecule has 2 aliphatic heterocycles. The highest BCUT2D eigenvalue weighted by molar-refractivity contribution is 8.14. The first-order valence-electron chi connectivity index (χ1n) is 10.8. The summed E-state index contributed by atoms with van der Waals surface area (Å²) in [6, 6.07) is 16.9. The molecule has 2 amide bonds. The Morgan fingerprint density at radius 3 is 2.58 bits per heavy atom. The molecule has 0 unspecified atom stereocenters. The maximum absolute atomic E-state index is 13.3. The SMILES string of the molecule is O=C(CSC1=Nc2ccccc2C2=N[C@H](c3ccccc3)C(=O)N12)NC1CCCCC1. The molecule has 6 nitrogen and oxygen atoms in total. The molecule has 5 rings (SSSR count). The summed E-state index contributed by atoms with van der Waals surface area (Å²) in [7, 11) is 0. The highest BCUT2D eigenvalue weighted by atomic mass is 32.2. The van der Waals surface area contributed by atoms with Crippen molar-refractivity contribution in [2.45, 2.75) is 44.2 Å². The maximum Gasteiger partial charge on any atom is 0.263 e. The number of rotatable bonds is 4. The molecular weight excluding hydrogens is 408 g/mol. The van der Waals surface area contributed by atoms with E-state index in [2.05, 4.69) is 5.32 Å². The topological polar surface area (TPSA) is 74.1 Å². The summed E-state index contributed by atoms with van der Waals surface area (Å²) in [6.07, 6.45) is 5.68. The van der Waals surface area contributed by atoms with E-state index in [4.69, 9.17) is 9.98 Å². The zero-order chi connectivity index (χ0) is 21.2. The van der Waals surface area contributed by atoms with Crippen molar-refractivity contribution < 1.29 is 9.59 Å². The van der Waals surface area contributed by atoms with Crippen molar-refractivity contribution in [2.75, 3.05) is 5.75 Å². The minimum atomic E-state index is -0.593. The van der Waals surface area contributed by atoms with Gasteiger partial charge < -0.3 is 5.32 Å². The number of amidine groups is 2. The number of thioether (sulfide) groups is 1. The standard InChI is InChI=1S/C24H24N4O2S/c29-20(25-17-11-5-2-6-12-17)15-31-24-26-19-14-8-7-13-18(19)22-27-21(23(30)28(22)24)16-9-3-1-4-10-16/h1,3-4,7-10,13-14,17,21H,2,5-6,11-12,15H2,(H,25,29)/t21-/m1/s1. The number of hydrogen-bond acceptors (Lipinski definition) is 5. The molecule has 3 aliphatic rings. The molecule has 2 aromatic carbocycles. The Kier molecular flexibility index (Phi) is 5.59. The minimum absolute atomic E-state index is 0.0109. The van der Waals surface area contributed by atoms with Crippen LogP contribution >= 0.6 is 11.8 Å². The van der Waals surface area contributed by atoms with E-state index in [9.17, 15) is 9.59 Å². The summed E-state index contributed by atoms with van der Waals surface area (Å²) < 4.78 is 0. The summed E-state index contributed by atoms with van der Waals surface area (Å²) in [5.74, 6) is 0.697. The molecule has 0 aromatic heterocycles. The monoisotopic (exact) mass is 432 g/mol. The van der Waals surface area contributed by atoms with Crippen LogP contribution in [0.25, 0.3) is 0 Å². The van der Waals surface area contributed by atoms with Crippen molar-refractivity contribution in [3.63, 3.8) is 0 Å². The van der Waals surface area contributed by atoms with Crippen molar-refractivity contribution in [3.8, 4) is 0 Å². The van der Waals surface area contributed by atoms with E-state index in [0.717, 1.165) is 29.7 Å². The Morgan fingerprint density at radius 2 is 1.77 bits per heavy atom. The first kappa shape index (κ1) is 20.0. The smallest absolute Gasteiger partial charge is 0.263 e. The lowest BCUT2D eigenvalue weighted by atomic mass is 9.95. The van der Waals surface area contributed by atoms with Gasteiger partial charge in [0.25, 0.3) is 5.91 Å². The van der Waals surface area contributed by atoms with Crippen LogP contribution in [0.2, 0.25) is 0 Å². The largest absolute Gasteiger partial charge is 0.353 e. The molecule has 0 spiro atoms. The van der Waals surface area contributed by atoms with Crippen LogP contribution < -0.4 is 5.32 Å². The van der Waals surface area contributed by atoms with E-state index in [1.54, 1.807) is 4.90 Å². The quantitative estimate of drug-likeness (QED) is 0.787. The molecule has 1 aliphatic carbocycles. The molecule has 1 fully saturated rings. The Labute approximate surface area is 185 Å². The zero-order valence-electron chi connectivity index (χ0n) is 17.2. The summed E-state index contributed by atoms with van der Waals surface area (Å²) in [6.45, 7) is 0. The molecule has 0 bridgehead atoms. The number of para-hydroxylation sites is 1.